The maximum atomic E-state index is 12.0. The minimum Gasteiger partial charge on any atom is -0.497 e. The van der Waals surface area contributed by atoms with Gasteiger partial charge in [-0.15, -0.1) is 0 Å². The first-order valence-electron chi connectivity index (χ1n) is 7.92. The van der Waals surface area contributed by atoms with E-state index >= 15 is 0 Å². The molecule has 1 aromatic carbocycles. The third kappa shape index (κ3) is 3.53. The normalized spacial score (nSPS) is 15.7. The zero-order valence-electron chi connectivity index (χ0n) is 13.6. The highest BCUT2D eigenvalue weighted by Crippen LogP contribution is 2.21. The number of ether oxygens (including phenoxy) is 1. The molecule has 2 heterocycles. The molecule has 0 bridgehead atoms. The van der Waals surface area contributed by atoms with Gasteiger partial charge in [-0.1, -0.05) is 6.92 Å². The highest BCUT2D eigenvalue weighted by Gasteiger charge is 2.18. The number of aromatic nitrogens is 2. The van der Waals surface area contributed by atoms with Crippen molar-refractivity contribution in [3.8, 4) is 17.0 Å². The smallest absolute Gasteiger partial charge is 0.252 e. The zero-order valence-corrected chi connectivity index (χ0v) is 13.6. The van der Waals surface area contributed by atoms with Gasteiger partial charge in [0.05, 0.1) is 12.8 Å². The number of hydrogen-bond acceptors (Lipinski definition) is 5. The van der Waals surface area contributed by atoms with Gasteiger partial charge < -0.3 is 14.5 Å². The van der Waals surface area contributed by atoms with Crippen molar-refractivity contribution in [1.29, 1.82) is 0 Å². The predicted octanol–water partition coefficient (Wildman–Crippen LogP) is 1.59. The number of methoxy groups -OCH3 is 1. The molecule has 1 aromatic heterocycles. The van der Waals surface area contributed by atoms with E-state index in [2.05, 4.69) is 26.7 Å². The second-order valence-electron chi connectivity index (χ2n) is 5.60. The molecule has 1 fully saturated rings. The number of piperazine rings is 1. The lowest BCUT2D eigenvalue weighted by Gasteiger charge is -2.34. The number of nitrogens with zero attached hydrogens (tertiary/aromatic N) is 3. The molecule has 1 N–H and O–H groups in total. The molecule has 1 aliphatic heterocycles. The Morgan fingerprint density at radius 2 is 1.87 bits per heavy atom. The van der Waals surface area contributed by atoms with Crippen LogP contribution in [-0.4, -0.2) is 54.7 Å². The molecule has 0 aliphatic carbocycles. The van der Waals surface area contributed by atoms with Crippen molar-refractivity contribution in [3.63, 3.8) is 0 Å². The summed E-state index contributed by atoms with van der Waals surface area (Å²) in [5, 5.41) is 0. The van der Waals surface area contributed by atoms with Crippen molar-refractivity contribution in [3.05, 3.63) is 40.7 Å². The second kappa shape index (κ2) is 6.83. The molecule has 0 atom stereocenters. The van der Waals surface area contributed by atoms with E-state index in [4.69, 9.17) is 4.74 Å². The molecule has 0 unspecified atom stereocenters. The Labute approximate surface area is 135 Å². The number of benzene rings is 1. The minimum atomic E-state index is -0.126. The molecular formula is C17H22N4O2. The van der Waals surface area contributed by atoms with Crippen LogP contribution in [0.2, 0.25) is 0 Å². The van der Waals surface area contributed by atoms with E-state index < -0.39 is 0 Å². The number of hydrogen-bond donors (Lipinski definition) is 1. The SMILES string of the molecule is CCN1CCN(c2nc(-c3ccc(OC)cc3)cc(=O)[nH]2)CC1. The lowest BCUT2D eigenvalue weighted by Crippen LogP contribution is -2.47. The summed E-state index contributed by atoms with van der Waals surface area (Å²) < 4.78 is 5.17. The fourth-order valence-corrected chi connectivity index (χ4v) is 2.78. The molecule has 0 radical (unpaired) electrons. The molecule has 1 aliphatic rings. The van der Waals surface area contributed by atoms with Crippen LogP contribution >= 0.6 is 0 Å². The van der Waals surface area contributed by atoms with Crippen molar-refractivity contribution in [2.24, 2.45) is 0 Å². The molecule has 1 saturated heterocycles. The van der Waals surface area contributed by atoms with Gasteiger partial charge in [0, 0.05) is 37.8 Å². The summed E-state index contributed by atoms with van der Waals surface area (Å²) in [6.07, 6.45) is 0. The monoisotopic (exact) mass is 314 g/mol. The lowest BCUT2D eigenvalue weighted by molar-refractivity contribution is 0.270. The topological polar surface area (TPSA) is 61.5 Å². The van der Waals surface area contributed by atoms with Crippen molar-refractivity contribution in [2.75, 3.05) is 44.7 Å². The standard InChI is InChI=1S/C17H22N4O2/c1-3-20-8-10-21(11-9-20)17-18-15(12-16(22)19-17)13-4-6-14(23-2)7-5-13/h4-7,12H,3,8-11H2,1-2H3,(H,18,19,22). The average molecular weight is 314 g/mol. The number of aromatic amines is 1. The molecule has 0 spiro atoms. The number of anilines is 1. The summed E-state index contributed by atoms with van der Waals surface area (Å²) in [4.78, 5) is 24.0. The molecular weight excluding hydrogens is 292 g/mol. The Morgan fingerprint density at radius 3 is 2.48 bits per heavy atom. The van der Waals surface area contributed by atoms with Gasteiger partial charge >= 0.3 is 0 Å². The largest absolute Gasteiger partial charge is 0.497 e. The number of rotatable bonds is 4. The van der Waals surface area contributed by atoms with Crippen molar-refractivity contribution < 1.29 is 4.74 Å². The van der Waals surface area contributed by atoms with Gasteiger partial charge in [-0.25, -0.2) is 4.98 Å². The first kappa shape index (κ1) is 15.6. The summed E-state index contributed by atoms with van der Waals surface area (Å²) in [5.41, 5.74) is 1.47. The van der Waals surface area contributed by atoms with Gasteiger partial charge in [-0.2, -0.15) is 0 Å². The first-order valence-corrected chi connectivity index (χ1v) is 7.92. The maximum Gasteiger partial charge on any atom is 0.252 e. The second-order valence-corrected chi connectivity index (χ2v) is 5.60. The van der Waals surface area contributed by atoms with E-state index in [0.717, 1.165) is 44.0 Å². The van der Waals surface area contributed by atoms with E-state index in [9.17, 15) is 4.79 Å². The lowest BCUT2D eigenvalue weighted by atomic mass is 10.1. The van der Waals surface area contributed by atoms with E-state index in [1.54, 1.807) is 7.11 Å². The van der Waals surface area contributed by atoms with Crippen molar-refractivity contribution in [2.45, 2.75) is 6.92 Å². The van der Waals surface area contributed by atoms with Crippen LogP contribution in [0.1, 0.15) is 6.92 Å². The minimum absolute atomic E-state index is 0.126. The Hall–Kier alpha value is -2.34. The summed E-state index contributed by atoms with van der Waals surface area (Å²) in [7, 11) is 1.63. The third-order valence-corrected chi connectivity index (χ3v) is 4.23. The summed E-state index contributed by atoms with van der Waals surface area (Å²) >= 11 is 0. The van der Waals surface area contributed by atoms with Gasteiger partial charge in [-0.05, 0) is 30.8 Å². The van der Waals surface area contributed by atoms with Gasteiger partial charge in [-0.3, -0.25) is 9.78 Å². The van der Waals surface area contributed by atoms with Crippen LogP contribution in [0.5, 0.6) is 5.75 Å². The van der Waals surface area contributed by atoms with Crippen molar-refractivity contribution in [1.82, 2.24) is 14.9 Å². The molecule has 0 saturated carbocycles. The van der Waals surface area contributed by atoms with E-state index in [1.165, 1.54) is 6.07 Å². The van der Waals surface area contributed by atoms with Crippen LogP contribution in [-0.2, 0) is 0 Å². The molecule has 2 aromatic rings. The number of likely N-dealkylation sites (N-methyl/N-ethyl adjacent to an activating group) is 1. The van der Waals surface area contributed by atoms with Crippen LogP contribution in [0.4, 0.5) is 5.95 Å². The predicted molar refractivity (Wildman–Crippen MR) is 91.2 cm³/mol. The molecule has 3 rings (SSSR count). The Balaban J connectivity index is 1.85. The highest BCUT2D eigenvalue weighted by molar-refractivity contribution is 5.61. The fourth-order valence-electron chi connectivity index (χ4n) is 2.78. The molecule has 6 nitrogen and oxygen atoms in total. The molecule has 6 heteroatoms. The summed E-state index contributed by atoms with van der Waals surface area (Å²) in [6.45, 7) is 6.97. The van der Waals surface area contributed by atoms with Gasteiger partial charge in [0.1, 0.15) is 5.75 Å². The molecule has 23 heavy (non-hydrogen) atoms. The van der Waals surface area contributed by atoms with E-state index in [1.807, 2.05) is 24.3 Å². The van der Waals surface area contributed by atoms with E-state index in [-0.39, 0.29) is 5.56 Å². The fraction of sp³-hybridized carbons (Fsp3) is 0.412. The van der Waals surface area contributed by atoms with Gasteiger partial charge in [0.2, 0.25) is 5.95 Å². The van der Waals surface area contributed by atoms with Crippen LogP contribution in [0.15, 0.2) is 35.1 Å². The third-order valence-electron chi connectivity index (χ3n) is 4.23. The summed E-state index contributed by atoms with van der Waals surface area (Å²) in [5.74, 6) is 1.44. The van der Waals surface area contributed by atoms with E-state index in [0.29, 0.717) is 11.6 Å². The maximum absolute atomic E-state index is 12.0. The Morgan fingerprint density at radius 1 is 1.17 bits per heavy atom. The number of H-pyrrole nitrogens is 1. The van der Waals surface area contributed by atoms with Crippen LogP contribution in [0, 0.1) is 0 Å². The van der Waals surface area contributed by atoms with Gasteiger partial charge in [0.15, 0.2) is 0 Å². The average Bonchev–Trinajstić information content (AvgIpc) is 2.61. The van der Waals surface area contributed by atoms with Crippen LogP contribution < -0.4 is 15.2 Å². The van der Waals surface area contributed by atoms with Crippen LogP contribution in [0.25, 0.3) is 11.3 Å². The Bertz CT molecular complexity index is 703. The Kier molecular flexibility index (Phi) is 4.62. The first-order chi connectivity index (χ1) is 11.2. The van der Waals surface area contributed by atoms with Crippen LogP contribution in [0.3, 0.4) is 0 Å². The zero-order chi connectivity index (χ0) is 16.2. The molecule has 122 valence electrons. The number of nitrogens with one attached hydrogen (secondary N) is 1. The summed E-state index contributed by atoms with van der Waals surface area (Å²) in [6, 6.07) is 9.11. The molecule has 0 amide bonds. The van der Waals surface area contributed by atoms with Gasteiger partial charge in [0.25, 0.3) is 5.56 Å². The highest BCUT2D eigenvalue weighted by atomic mass is 16.5. The van der Waals surface area contributed by atoms with Crippen molar-refractivity contribution >= 4 is 5.95 Å². The quantitative estimate of drug-likeness (QED) is 0.928.